The topological polar surface area (TPSA) is 89.5 Å². The highest BCUT2D eigenvalue weighted by Crippen LogP contribution is 2.38. The van der Waals surface area contributed by atoms with Crippen LogP contribution in [0.1, 0.15) is 26.7 Å². The first kappa shape index (κ1) is 28.9. The first-order chi connectivity index (χ1) is 20.4. The molecule has 42 heavy (non-hydrogen) atoms. The number of nitrogens with one attached hydrogen (secondary N) is 2. The number of aryl methyl sites for hydroxylation is 1. The predicted octanol–water partition coefficient (Wildman–Crippen LogP) is 7.86. The molecule has 0 radical (unpaired) electrons. The molecule has 1 aromatic heterocycles. The van der Waals surface area contributed by atoms with E-state index >= 15 is 0 Å². The van der Waals surface area contributed by atoms with Crippen LogP contribution in [0.2, 0.25) is 0 Å². The fourth-order valence-corrected chi connectivity index (χ4v) is 6.12. The van der Waals surface area contributed by atoms with E-state index in [9.17, 15) is 9.59 Å². The average molecular weight is 596 g/mol. The van der Waals surface area contributed by atoms with Gasteiger partial charge in [-0.25, -0.2) is 4.98 Å². The van der Waals surface area contributed by atoms with Gasteiger partial charge in [0.15, 0.2) is 5.13 Å². The summed E-state index contributed by atoms with van der Waals surface area (Å²) >= 11 is 2.78. The maximum Gasteiger partial charge on any atom is 0.263 e. The molecular formula is C33H29N3O4S2. The van der Waals surface area contributed by atoms with Crippen molar-refractivity contribution >= 4 is 45.7 Å². The third-order valence-corrected chi connectivity index (χ3v) is 8.43. The number of thiazole rings is 1. The van der Waals surface area contributed by atoms with Gasteiger partial charge in [0.05, 0.1) is 19.9 Å². The zero-order chi connectivity index (χ0) is 29.5. The Balaban J connectivity index is 1.35. The van der Waals surface area contributed by atoms with E-state index in [1.165, 1.54) is 42.9 Å². The van der Waals surface area contributed by atoms with Crippen molar-refractivity contribution in [3.05, 3.63) is 119 Å². The Morgan fingerprint density at radius 1 is 0.833 bits per heavy atom. The van der Waals surface area contributed by atoms with Gasteiger partial charge in [0, 0.05) is 21.5 Å². The fourth-order valence-electron chi connectivity index (χ4n) is 4.31. The van der Waals surface area contributed by atoms with E-state index in [1.54, 1.807) is 24.3 Å². The normalized spacial score (nSPS) is 11.4. The molecule has 1 unspecified atom stereocenters. The lowest BCUT2D eigenvalue weighted by Crippen LogP contribution is -2.19. The fraction of sp³-hybridized carbons (Fsp3) is 0.121. The molecule has 9 heteroatoms. The van der Waals surface area contributed by atoms with Crippen LogP contribution in [0.5, 0.6) is 11.5 Å². The van der Waals surface area contributed by atoms with E-state index in [0.717, 1.165) is 21.7 Å². The van der Waals surface area contributed by atoms with Crippen molar-refractivity contribution in [3.8, 4) is 22.8 Å². The average Bonchev–Trinajstić information content (AvgIpc) is 3.48. The highest BCUT2D eigenvalue weighted by molar-refractivity contribution is 8.00. The van der Waals surface area contributed by atoms with Gasteiger partial charge in [-0.1, -0.05) is 72.3 Å². The molecule has 2 amide bonds. The van der Waals surface area contributed by atoms with Crippen molar-refractivity contribution in [1.29, 1.82) is 0 Å². The number of aromatic nitrogens is 1. The molecule has 5 aromatic rings. The molecule has 5 rings (SSSR count). The highest BCUT2D eigenvalue weighted by Gasteiger charge is 2.24. The molecule has 0 aliphatic heterocycles. The van der Waals surface area contributed by atoms with Gasteiger partial charge >= 0.3 is 0 Å². The molecule has 212 valence electrons. The first-order valence-electron chi connectivity index (χ1n) is 13.1. The van der Waals surface area contributed by atoms with E-state index < -0.39 is 5.25 Å². The minimum atomic E-state index is -0.557. The van der Waals surface area contributed by atoms with Crippen LogP contribution in [0.4, 0.5) is 10.8 Å². The van der Waals surface area contributed by atoms with Crippen LogP contribution in [-0.4, -0.2) is 31.0 Å². The van der Waals surface area contributed by atoms with E-state index in [-0.39, 0.29) is 11.8 Å². The van der Waals surface area contributed by atoms with E-state index in [0.29, 0.717) is 27.9 Å². The van der Waals surface area contributed by atoms with Gasteiger partial charge in [-0.05, 0) is 42.8 Å². The Bertz CT molecular complexity index is 1670. The quantitative estimate of drug-likeness (QED) is 0.160. The largest absolute Gasteiger partial charge is 0.496 e. The van der Waals surface area contributed by atoms with Gasteiger partial charge < -0.3 is 20.1 Å². The summed E-state index contributed by atoms with van der Waals surface area (Å²) in [6.45, 7) is 2.04. The molecule has 7 nitrogen and oxygen atoms in total. The summed E-state index contributed by atoms with van der Waals surface area (Å²) in [7, 11) is 3.01. The molecule has 0 saturated heterocycles. The lowest BCUT2D eigenvalue weighted by molar-refractivity contribution is -0.115. The number of methoxy groups -OCH3 is 2. The predicted molar refractivity (Wildman–Crippen MR) is 170 cm³/mol. The number of amides is 2. The minimum absolute atomic E-state index is 0.191. The number of anilines is 2. The van der Waals surface area contributed by atoms with Crippen LogP contribution < -0.4 is 20.1 Å². The minimum Gasteiger partial charge on any atom is -0.496 e. The Hall–Kier alpha value is -4.60. The number of carbonyl (C=O) groups excluding carboxylic acids is 2. The van der Waals surface area contributed by atoms with Crippen LogP contribution >= 0.6 is 23.1 Å². The van der Waals surface area contributed by atoms with Crippen molar-refractivity contribution in [2.45, 2.75) is 17.1 Å². The van der Waals surface area contributed by atoms with Gasteiger partial charge in [-0.2, -0.15) is 0 Å². The molecule has 2 N–H and O–H groups in total. The Labute approximate surface area is 252 Å². The maximum absolute atomic E-state index is 13.6. The Kier molecular flexibility index (Phi) is 9.21. The standard InChI is InChI=1S/C33H29N3O4S2/c1-21-15-17-22(18-16-21)26-20-41-33(35-26)36-32(38)30(23-9-5-4-6-10-23)42-25-12-7-11-24(19-25)34-31(37)29-27(39-2)13-8-14-28(29)40-3/h4-20,30H,1-3H3,(H,34,37)(H,35,36,38). The van der Waals surface area contributed by atoms with Gasteiger partial charge in [-0.3, -0.25) is 9.59 Å². The Morgan fingerprint density at radius 2 is 1.52 bits per heavy atom. The zero-order valence-electron chi connectivity index (χ0n) is 23.3. The van der Waals surface area contributed by atoms with Crippen LogP contribution in [-0.2, 0) is 4.79 Å². The van der Waals surface area contributed by atoms with Crippen molar-refractivity contribution in [2.24, 2.45) is 0 Å². The maximum atomic E-state index is 13.6. The summed E-state index contributed by atoms with van der Waals surface area (Å²) in [5, 5.41) is 7.85. The summed E-state index contributed by atoms with van der Waals surface area (Å²) in [6.07, 6.45) is 0. The van der Waals surface area contributed by atoms with Gasteiger partial charge in [0.2, 0.25) is 5.91 Å². The van der Waals surface area contributed by atoms with E-state index in [4.69, 9.17) is 9.47 Å². The number of thioether (sulfide) groups is 1. The number of benzene rings is 4. The van der Waals surface area contributed by atoms with Crippen LogP contribution in [0, 0.1) is 6.92 Å². The number of hydrogen-bond donors (Lipinski definition) is 2. The number of rotatable bonds is 10. The lowest BCUT2D eigenvalue weighted by atomic mass is 10.1. The van der Waals surface area contributed by atoms with E-state index in [1.807, 2.05) is 85.1 Å². The third kappa shape index (κ3) is 6.82. The smallest absolute Gasteiger partial charge is 0.263 e. The first-order valence-corrected chi connectivity index (χ1v) is 14.9. The molecule has 0 bridgehead atoms. The molecule has 0 saturated carbocycles. The summed E-state index contributed by atoms with van der Waals surface area (Å²) in [6, 6.07) is 30.3. The second kappa shape index (κ2) is 13.4. The molecule has 0 spiro atoms. The van der Waals surface area contributed by atoms with Crippen molar-refractivity contribution in [2.75, 3.05) is 24.9 Å². The second-order valence-electron chi connectivity index (χ2n) is 9.32. The molecule has 0 fully saturated rings. The molecular weight excluding hydrogens is 567 g/mol. The van der Waals surface area contributed by atoms with Crippen molar-refractivity contribution in [3.63, 3.8) is 0 Å². The third-order valence-electron chi connectivity index (χ3n) is 6.42. The number of hydrogen-bond acceptors (Lipinski definition) is 7. The van der Waals surface area contributed by atoms with Gasteiger partial charge in [0.25, 0.3) is 5.91 Å². The molecule has 0 aliphatic rings. The molecule has 1 heterocycles. The number of carbonyl (C=O) groups is 2. The van der Waals surface area contributed by atoms with Crippen LogP contribution in [0.15, 0.2) is 107 Å². The van der Waals surface area contributed by atoms with Gasteiger partial charge in [0.1, 0.15) is 22.3 Å². The summed E-state index contributed by atoms with van der Waals surface area (Å²) < 4.78 is 10.8. The zero-order valence-corrected chi connectivity index (χ0v) is 24.9. The monoisotopic (exact) mass is 595 g/mol. The van der Waals surface area contributed by atoms with E-state index in [2.05, 4.69) is 15.6 Å². The van der Waals surface area contributed by atoms with Gasteiger partial charge in [-0.15, -0.1) is 23.1 Å². The molecule has 0 aliphatic carbocycles. The number of nitrogens with zero attached hydrogens (tertiary/aromatic N) is 1. The highest BCUT2D eigenvalue weighted by atomic mass is 32.2. The lowest BCUT2D eigenvalue weighted by Gasteiger charge is -2.17. The van der Waals surface area contributed by atoms with Crippen molar-refractivity contribution < 1.29 is 19.1 Å². The summed E-state index contributed by atoms with van der Waals surface area (Å²) in [5.41, 5.74) is 4.71. The summed E-state index contributed by atoms with van der Waals surface area (Å²) in [4.78, 5) is 32.3. The Morgan fingerprint density at radius 3 is 2.21 bits per heavy atom. The number of ether oxygens (including phenoxy) is 2. The molecule has 1 atom stereocenters. The van der Waals surface area contributed by atoms with Crippen LogP contribution in [0.3, 0.4) is 0 Å². The van der Waals surface area contributed by atoms with Crippen molar-refractivity contribution in [1.82, 2.24) is 4.98 Å². The van der Waals surface area contributed by atoms with Crippen LogP contribution in [0.25, 0.3) is 11.3 Å². The second-order valence-corrected chi connectivity index (χ2v) is 11.4. The summed E-state index contributed by atoms with van der Waals surface area (Å²) in [5.74, 6) is 0.262. The SMILES string of the molecule is COc1cccc(OC)c1C(=O)Nc1cccc(SC(C(=O)Nc2nc(-c3ccc(C)cc3)cs2)c2ccccc2)c1. The molecule has 4 aromatic carbocycles.